The largest absolute Gasteiger partial charge is 0.478 e. The van der Waals surface area contributed by atoms with Crippen molar-refractivity contribution in [3.63, 3.8) is 0 Å². The quantitative estimate of drug-likeness (QED) is 0.243. The molecular weight excluding hydrogens is 510 g/mol. The monoisotopic (exact) mass is 533 g/mol. The summed E-state index contributed by atoms with van der Waals surface area (Å²) in [4.78, 5) is 20.7. The van der Waals surface area contributed by atoms with Gasteiger partial charge in [-0.25, -0.2) is 14.2 Å². The van der Waals surface area contributed by atoms with Crippen molar-refractivity contribution in [2.45, 2.75) is 25.1 Å². The van der Waals surface area contributed by atoms with Crippen molar-refractivity contribution in [2.24, 2.45) is 0 Å². The van der Waals surface area contributed by atoms with Crippen LogP contribution < -0.4 is 4.90 Å². The molecule has 3 aromatic carbocycles. The van der Waals surface area contributed by atoms with Gasteiger partial charge in [0.2, 0.25) is 0 Å². The molecule has 39 heavy (non-hydrogen) atoms. The Bertz CT molecular complexity index is 1640. The fourth-order valence-electron chi connectivity index (χ4n) is 4.75. The predicted octanol–water partition coefficient (Wildman–Crippen LogP) is 7.51. The Balaban J connectivity index is 0.000000198. The standard InChI is InChI=1S/C20H16F4N2.C10H7NO2/c21-15-9-7-13(8-10-15)19-17(12-14-4-1-2-5-16(14)25-19)26-11-3-6-18(26)20(22,23)24;12-10(13)8-3-4-9-7(6-8)2-1-5-11-9/h1-2,4-5,7-10,12,18H,3,6,11H2;1-6H,(H,12,13)/t18-;/m1./s1. The van der Waals surface area contributed by atoms with E-state index in [2.05, 4.69) is 9.97 Å². The number of nitrogens with zero attached hydrogens (tertiary/aromatic N) is 3. The number of carbonyl (C=O) groups is 1. The van der Waals surface area contributed by atoms with Crippen LogP contribution in [0.5, 0.6) is 0 Å². The van der Waals surface area contributed by atoms with Crippen molar-refractivity contribution in [3.05, 3.63) is 103 Å². The van der Waals surface area contributed by atoms with E-state index < -0.39 is 24.0 Å². The molecule has 1 saturated heterocycles. The summed E-state index contributed by atoms with van der Waals surface area (Å²) in [5, 5.41) is 10.4. The van der Waals surface area contributed by atoms with Crippen LogP contribution in [-0.2, 0) is 0 Å². The third kappa shape index (κ3) is 5.67. The maximum absolute atomic E-state index is 13.5. The first kappa shape index (κ1) is 26.1. The highest BCUT2D eigenvalue weighted by molar-refractivity contribution is 5.93. The molecule has 0 amide bonds. The smallest absolute Gasteiger partial charge is 0.408 e. The number of anilines is 1. The maximum atomic E-state index is 13.5. The zero-order valence-electron chi connectivity index (χ0n) is 20.6. The molecule has 1 aliphatic rings. The number of carboxylic acid groups (broad SMARTS) is 1. The Labute approximate surface area is 221 Å². The second kappa shape index (κ2) is 10.7. The zero-order chi connectivity index (χ0) is 27.6. The van der Waals surface area contributed by atoms with Crippen molar-refractivity contribution in [2.75, 3.05) is 11.4 Å². The number of hydrogen-bond donors (Lipinski definition) is 1. The Hall–Kier alpha value is -4.53. The van der Waals surface area contributed by atoms with Crippen molar-refractivity contribution in [1.82, 2.24) is 9.97 Å². The van der Waals surface area contributed by atoms with Gasteiger partial charge < -0.3 is 10.0 Å². The summed E-state index contributed by atoms with van der Waals surface area (Å²) >= 11 is 0. The van der Waals surface area contributed by atoms with Crippen molar-refractivity contribution in [3.8, 4) is 11.3 Å². The fourth-order valence-corrected chi connectivity index (χ4v) is 4.75. The number of fused-ring (bicyclic) bond motifs is 2. The van der Waals surface area contributed by atoms with E-state index in [4.69, 9.17) is 5.11 Å². The van der Waals surface area contributed by atoms with Crippen LogP contribution in [0, 0.1) is 5.82 Å². The maximum Gasteiger partial charge on any atom is 0.408 e. The van der Waals surface area contributed by atoms with Crippen LogP contribution in [0.15, 0.2) is 91.1 Å². The number of halogens is 4. The average molecular weight is 534 g/mol. The molecule has 6 rings (SSSR count). The summed E-state index contributed by atoms with van der Waals surface area (Å²) in [5.41, 5.74) is 3.28. The van der Waals surface area contributed by atoms with Gasteiger partial charge in [-0.15, -0.1) is 0 Å². The minimum absolute atomic E-state index is 0.0686. The van der Waals surface area contributed by atoms with E-state index in [-0.39, 0.29) is 6.42 Å². The summed E-state index contributed by atoms with van der Waals surface area (Å²) in [7, 11) is 0. The Kier molecular flexibility index (Phi) is 7.15. The molecule has 1 N–H and O–H groups in total. The van der Waals surface area contributed by atoms with E-state index in [1.54, 1.807) is 48.7 Å². The van der Waals surface area contributed by atoms with Gasteiger partial charge in [0.1, 0.15) is 11.9 Å². The number of pyridine rings is 2. The molecule has 0 aliphatic carbocycles. The van der Waals surface area contributed by atoms with Gasteiger partial charge in [-0.3, -0.25) is 4.98 Å². The van der Waals surface area contributed by atoms with Crippen LogP contribution in [-0.4, -0.2) is 39.8 Å². The van der Waals surface area contributed by atoms with Crippen LogP contribution >= 0.6 is 0 Å². The molecule has 1 atom stereocenters. The van der Waals surface area contributed by atoms with E-state index in [1.807, 2.05) is 30.3 Å². The molecule has 0 saturated carbocycles. The molecule has 5 aromatic rings. The number of rotatable bonds is 3. The van der Waals surface area contributed by atoms with E-state index in [1.165, 1.54) is 17.0 Å². The Morgan fingerprint density at radius 1 is 0.897 bits per heavy atom. The van der Waals surface area contributed by atoms with E-state index in [9.17, 15) is 22.4 Å². The lowest BCUT2D eigenvalue weighted by Gasteiger charge is -2.30. The van der Waals surface area contributed by atoms with Gasteiger partial charge in [-0.1, -0.05) is 24.3 Å². The number of aromatic carboxylic acids is 1. The first-order chi connectivity index (χ1) is 18.7. The number of hydrogen-bond acceptors (Lipinski definition) is 4. The minimum Gasteiger partial charge on any atom is -0.478 e. The van der Waals surface area contributed by atoms with Gasteiger partial charge >= 0.3 is 12.1 Å². The topological polar surface area (TPSA) is 66.3 Å². The molecule has 0 unspecified atom stereocenters. The number of alkyl halides is 3. The number of para-hydroxylation sites is 1. The van der Waals surface area contributed by atoms with Crippen LogP contribution in [0.4, 0.5) is 23.2 Å². The van der Waals surface area contributed by atoms with Crippen molar-refractivity contribution < 1.29 is 27.5 Å². The third-order valence-electron chi connectivity index (χ3n) is 6.61. The van der Waals surface area contributed by atoms with Crippen LogP contribution in [0.3, 0.4) is 0 Å². The molecule has 2 aromatic heterocycles. The van der Waals surface area contributed by atoms with Crippen LogP contribution in [0.2, 0.25) is 0 Å². The molecule has 198 valence electrons. The summed E-state index contributed by atoms with van der Waals surface area (Å²) in [5.74, 6) is -1.31. The number of aromatic nitrogens is 2. The molecular formula is C30H23F4N3O2. The van der Waals surface area contributed by atoms with Crippen molar-refractivity contribution in [1.29, 1.82) is 0 Å². The minimum atomic E-state index is -4.30. The summed E-state index contributed by atoms with van der Waals surface area (Å²) in [6.07, 6.45) is -2.08. The highest BCUT2D eigenvalue weighted by Crippen LogP contribution is 2.40. The lowest BCUT2D eigenvalue weighted by molar-refractivity contribution is -0.145. The molecule has 1 fully saturated rings. The fraction of sp³-hybridized carbons (Fsp3) is 0.167. The predicted molar refractivity (Wildman–Crippen MR) is 142 cm³/mol. The molecule has 1 aliphatic heterocycles. The van der Waals surface area contributed by atoms with Crippen LogP contribution in [0.25, 0.3) is 33.1 Å². The zero-order valence-corrected chi connectivity index (χ0v) is 20.6. The average Bonchev–Trinajstić information content (AvgIpc) is 3.44. The molecule has 0 bridgehead atoms. The lowest BCUT2D eigenvalue weighted by Crippen LogP contribution is -2.41. The SMILES string of the molecule is Fc1ccc(-c2nc3ccccc3cc2N2CCC[C@@H]2C(F)(F)F)cc1.O=C(O)c1ccc2ncccc2c1. The molecule has 0 spiro atoms. The first-order valence-corrected chi connectivity index (χ1v) is 12.3. The normalized spacial score (nSPS) is 15.3. The molecule has 3 heterocycles. The highest BCUT2D eigenvalue weighted by atomic mass is 19.4. The Morgan fingerprint density at radius 3 is 2.36 bits per heavy atom. The van der Waals surface area contributed by atoms with Gasteiger partial charge in [0.15, 0.2) is 0 Å². The van der Waals surface area contributed by atoms with Gasteiger partial charge in [0.25, 0.3) is 0 Å². The summed E-state index contributed by atoms with van der Waals surface area (Å²) in [6, 6.07) is 21.7. The molecule has 9 heteroatoms. The Morgan fingerprint density at radius 2 is 1.62 bits per heavy atom. The van der Waals surface area contributed by atoms with Gasteiger partial charge in [-0.2, -0.15) is 13.2 Å². The van der Waals surface area contributed by atoms with Crippen molar-refractivity contribution >= 4 is 33.5 Å². The van der Waals surface area contributed by atoms with E-state index >= 15 is 0 Å². The second-order valence-corrected chi connectivity index (χ2v) is 9.16. The van der Waals surface area contributed by atoms with Gasteiger partial charge in [0, 0.05) is 29.1 Å². The molecule has 0 radical (unpaired) electrons. The lowest BCUT2D eigenvalue weighted by atomic mass is 10.1. The highest BCUT2D eigenvalue weighted by Gasteiger charge is 2.46. The first-order valence-electron chi connectivity index (χ1n) is 12.3. The summed E-state index contributed by atoms with van der Waals surface area (Å²) in [6.45, 7) is 0.318. The van der Waals surface area contributed by atoms with Crippen LogP contribution in [0.1, 0.15) is 23.2 Å². The summed E-state index contributed by atoms with van der Waals surface area (Å²) < 4.78 is 53.8. The number of benzene rings is 3. The number of carboxylic acids is 1. The second-order valence-electron chi connectivity index (χ2n) is 9.16. The van der Waals surface area contributed by atoms with Gasteiger partial charge in [0.05, 0.1) is 28.0 Å². The third-order valence-corrected chi connectivity index (χ3v) is 6.61. The van der Waals surface area contributed by atoms with E-state index in [0.717, 1.165) is 16.3 Å². The molecule has 5 nitrogen and oxygen atoms in total. The van der Waals surface area contributed by atoms with E-state index in [0.29, 0.717) is 41.0 Å². The van der Waals surface area contributed by atoms with Gasteiger partial charge in [-0.05, 0) is 73.5 Å².